The molecule has 3 heteroatoms. The highest BCUT2D eigenvalue weighted by Crippen LogP contribution is 2.37. The Hall–Kier alpha value is -1.74. The topological polar surface area (TPSA) is 3.24 Å². The zero-order valence-electron chi connectivity index (χ0n) is 14.9. The molecule has 0 spiro atoms. The Labute approximate surface area is 149 Å². The number of hydrogen-bond acceptors (Lipinski definition) is 1. The van der Waals surface area contributed by atoms with E-state index in [0.29, 0.717) is 12.8 Å². The van der Waals surface area contributed by atoms with Gasteiger partial charge in [-0.15, -0.1) is 0 Å². The smallest absolute Gasteiger partial charge is 0.132 e. The molecule has 0 aromatic heterocycles. The van der Waals surface area contributed by atoms with Gasteiger partial charge in [-0.2, -0.15) is 0 Å². The van der Waals surface area contributed by atoms with Gasteiger partial charge >= 0.3 is 0 Å². The normalized spacial score (nSPS) is 23.3. The maximum Gasteiger partial charge on any atom is 0.132 e. The second-order valence-electron chi connectivity index (χ2n) is 7.27. The van der Waals surface area contributed by atoms with Gasteiger partial charge in [0.05, 0.1) is 0 Å². The first-order valence-corrected chi connectivity index (χ1v) is 9.21. The Morgan fingerprint density at radius 3 is 2.16 bits per heavy atom. The molecule has 2 unspecified atom stereocenters. The predicted molar refractivity (Wildman–Crippen MR) is 99.3 cm³/mol. The minimum absolute atomic E-state index is 0.0380. The second kappa shape index (κ2) is 8.57. The van der Waals surface area contributed by atoms with E-state index in [0.717, 1.165) is 31.5 Å². The Morgan fingerprint density at radius 1 is 0.880 bits per heavy atom. The molecule has 0 heterocycles. The summed E-state index contributed by atoms with van der Waals surface area (Å²) in [6.07, 6.45) is 0.206. The molecular weight excluding hydrogens is 316 g/mol. The van der Waals surface area contributed by atoms with Crippen LogP contribution in [0.1, 0.15) is 41.9 Å². The average molecular weight is 343 g/mol. The van der Waals surface area contributed by atoms with Crippen molar-refractivity contribution in [1.29, 1.82) is 0 Å². The van der Waals surface area contributed by atoms with Crippen LogP contribution in [0.25, 0.3) is 0 Å². The van der Waals surface area contributed by atoms with E-state index < -0.39 is 12.3 Å². The molecule has 0 N–H and O–H groups in total. The summed E-state index contributed by atoms with van der Waals surface area (Å²) in [7, 11) is 2.15. The lowest BCUT2D eigenvalue weighted by molar-refractivity contribution is 0.199. The van der Waals surface area contributed by atoms with E-state index in [-0.39, 0.29) is 5.92 Å². The van der Waals surface area contributed by atoms with Crippen molar-refractivity contribution < 1.29 is 8.78 Å². The number of hydrogen-bond donors (Lipinski definition) is 0. The average Bonchev–Trinajstić information content (AvgIpc) is 2.95. The number of rotatable bonds is 7. The zero-order chi connectivity index (χ0) is 17.6. The van der Waals surface area contributed by atoms with Gasteiger partial charge in [0.2, 0.25) is 0 Å². The van der Waals surface area contributed by atoms with Crippen molar-refractivity contribution in [3.05, 3.63) is 71.3 Å². The summed E-state index contributed by atoms with van der Waals surface area (Å²) in [5, 5.41) is 0. The molecule has 1 saturated carbocycles. The Morgan fingerprint density at radius 2 is 1.52 bits per heavy atom. The molecule has 25 heavy (non-hydrogen) atoms. The molecule has 0 radical (unpaired) electrons. The molecule has 1 fully saturated rings. The summed E-state index contributed by atoms with van der Waals surface area (Å²) in [6.45, 7) is 2.02. The summed E-state index contributed by atoms with van der Waals surface area (Å²) in [4.78, 5) is 2.34. The third-order valence-corrected chi connectivity index (χ3v) is 5.16. The highest BCUT2D eigenvalue weighted by molar-refractivity contribution is 5.27. The van der Waals surface area contributed by atoms with E-state index in [1.165, 1.54) is 11.1 Å². The van der Waals surface area contributed by atoms with Crippen LogP contribution in [-0.2, 0) is 13.0 Å². The van der Waals surface area contributed by atoms with Gasteiger partial charge in [0, 0.05) is 6.54 Å². The van der Waals surface area contributed by atoms with Gasteiger partial charge in [-0.25, -0.2) is 8.78 Å². The van der Waals surface area contributed by atoms with Crippen LogP contribution in [0.3, 0.4) is 0 Å². The van der Waals surface area contributed by atoms with Crippen LogP contribution in [0.4, 0.5) is 8.78 Å². The first-order valence-electron chi connectivity index (χ1n) is 9.21. The van der Waals surface area contributed by atoms with Crippen molar-refractivity contribution in [2.75, 3.05) is 13.6 Å². The van der Waals surface area contributed by atoms with E-state index >= 15 is 0 Å². The van der Waals surface area contributed by atoms with Crippen LogP contribution in [0.15, 0.2) is 54.6 Å². The van der Waals surface area contributed by atoms with Crippen molar-refractivity contribution in [2.24, 2.45) is 0 Å². The highest BCUT2D eigenvalue weighted by atomic mass is 19.2. The summed E-state index contributed by atoms with van der Waals surface area (Å²) in [6, 6.07) is 18.8. The molecule has 0 bridgehead atoms. The predicted octanol–water partition coefficient (Wildman–Crippen LogP) is 5.30. The molecule has 1 nitrogen and oxygen atoms in total. The van der Waals surface area contributed by atoms with Gasteiger partial charge in [-0.1, -0.05) is 54.6 Å². The van der Waals surface area contributed by atoms with Crippen molar-refractivity contribution in [2.45, 2.75) is 50.5 Å². The van der Waals surface area contributed by atoms with Crippen molar-refractivity contribution in [3.8, 4) is 0 Å². The van der Waals surface area contributed by atoms with E-state index in [2.05, 4.69) is 60.5 Å². The number of benzene rings is 2. The third-order valence-electron chi connectivity index (χ3n) is 5.16. The zero-order valence-corrected chi connectivity index (χ0v) is 14.9. The van der Waals surface area contributed by atoms with Gasteiger partial charge in [-0.05, 0) is 61.9 Å². The first-order chi connectivity index (χ1) is 12.1. The standard InChI is InChI=1S/C22H27F2N/c1-25(16-18-6-3-2-4-7-18)13-5-8-17-9-11-19(12-10-17)20-14-21(23)22(24)15-20/h2-4,6-7,9-12,20-22H,5,8,13-16H2,1H3. The fourth-order valence-electron chi connectivity index (χ4n) is 3.69. The van der Waals surface area contributed by atoms with Gasteiger partial charge < -0.3 is 4.90 Å². The minimum Gasteiger partial charge on any atom is -0.302 e. The van der Waals surface area contributed by atoms with Gasteiger partial charge in [-0.3, -0.25) is 0 Å². The minimum atomic E-state index is -1.29. The summed E-state index contributed by atoms with van der Waals surface area (Å²) < 4.78 is 26.7. The van der Waals surface area contributed by atoms with E-state index in [4.69, 9.17) is 0 Å². The number of halogens is 2. The summed E-state index contributed by atoms with van der Waals surface area (Å²) >= 11 is 0. The number of nitrogens with zero attached hydrogens (tertiary/aromatic N) is 1. The molecule has 2 aromatic carbocycles. The molecule has 0 amide bonds. The van der Waals surface area contributed by atoms with Gasteiger partial charge in [0.25, 0.3) is 0 Å². The maximum atomic E-state index is 13.4. The highest BCUT2D eigenvalue weighted by Gasteiger charge is 2.35. The van der Waals surface area contributed by atoms with Gasteiger partial charge in [0.15, 0.2) is 0 Å². The molecule has 134 valence electrons. The largest absolute Gasteiger partial charge is 0.302 e. The molecular formula is C22H27F2N. The Kier molecular flexibility index (Phi) is 6.19. The lowest BCUT2D eigenvalue weighted by Gasteiger charge is -2.16. The van der Waals surface area contributed by atoms with Crippen LogP contribution in [-0.4, -0.2) is 30.8 Å². The molecule has 1 aliphatic carbocycles. The molecule has 1 aliphatic rings. The molecule has 2 atom stereocenters. The fourth-order valence-corrected chi connectivity index (χ4v) is 3.69. The monoisotopic (exact) mass is 343 g/mol. The SMILES string of the molecule is CN(CCCc1ccc(C2CC(F)C(F)C2)cc1)Cc1ccccc1. The summed E-state index contributed by atoms with van der Waals surface area (Å²) in [5.74, 6) is 0.0380. The molecule has 2 aromatic rings. The number of alkyl halides is 2. The third kappa shape index (κ3) is 5.12. The number of aryl methyl sites for hydroxylation is 1. The summed E-state index contributed by atoms with van der Waals surface area (Å²) in [5.41, 5.74) is 3.71. The van der Waals surface area contributed by atoms with Crippen LogP contribution in [0.2, 0.25) is 0 Å². The molecule has 0 saturated heterocycles. The lowest BCUT2D eigenvalue weighted by atomic mass is 9.96. The van der Waals surface area contributed by atoms with Crippen molar-refractivity contribution in [1.82, 2.24) is 4.90 Å². The van der Waals surface area contributed by atoms with Crippen LogP contribution >= 0.6 is 0 Å². The van der Waals surface area contributed by atoms with Crippen molar-refractivity contribution >= 4 is 0 Å². The first kappa shape index (κ1) is 18.1. The quantitative estimate of drug-likeness (QED) is 0.659. The Balaban J connectivity index is 1.43. The van der Waals surface area contributed by atoms with Crippen molar-refractivity contribution in [3.63, 3.8) is 0 Å². The van der Waals surface area contributed by atoms with Gasteiger partial charge in [0.1, 0.15) is 12.3 Å². The van der Waals surface area contributed by atoms with Crippen LogP contribution in [0.5, 0.6) is 0 Å². The van der Waals surface area contributed by atoms with E-state index in [9.17, 15) is 8.78 Å². The second-order valence-corrected chi connectivity index (χ2v) is 7.27. The van der Waals surface area contributed by atoms with E-state index in [1.807, 2.05) is 6.07 Å². The maximum absolute atomic E-state index is 13.4. The van der Waals surface area contributed by atoms with E-state index in [1.54, 1.807) is 0 Å². The molecule has 0 aliphatic heterocycles. The molecule has 3 rings (SSSR count). The van der Waals surface area contributed by atoms with Crippen LogP contribution < -0.4 is 0 Å². The lowest BCUT2D eigenvalue weighted by Crippen LogP contribution is -2.19. The van der Waals surface area contributed by atoms with Crippen LogP contribution in [0, 0.1) is 0 Å². The fraction of sp³-hybridized carbons (Fsp3) is 0.455. The Bertz CT molecular complexity index is 631.